The zero-order chi connectivity index (χ0) is 27.3. The molecule has 0 radical (unpaired) electrons. The van der Waals surface area contributed by atoms with Crippen molar-refractivity contribution in [2.24, 2.45) is 0 Å². The van der Waals surface area contributed by atoms with Crippen molar-refractivity contribution in [2.75, 3.05) is 6.61 Å². The van der Waals surface area contributed by atoms with E-state index < -0.39 is 5.97 Å². The first kappa shape index (κ1) is 25.3. The van der Waals surface area contributed by atoms with Crippen LogP contribution in [-0.2, 0) is 13.0 Å². The molecule has 0 saturated carbocycles. The van der Waals surface area contributed by atoms with Gasteiger partial charge in [-0.15, -0.1) is 0 Å². The number of aromatic nitrogens is 1. The van der Waals surface area contributed by atoms with Gasteiger partial charge in [-0.3, -0.25) is 0 Å². The molecule has 1 aromatic heterocycles. The molecular formula is C35H29NO4. The first-order valence-electron chi connectivity index (χ1n) is 13.4. The summed E-state index contributed by atoms with van der Waals surface area (Å²) in [6.45, 7) is 0.927. The number of aromatic amines is 1. The van der Waals surface area contributed by atoms with Crippen LogP contribution in [0, 0.1) is 0 Å². The highest BCUT2D eigenvalue weighted by atomic mass is 16.5. The molecule has 0 spiro atoms. The van der Waals surface area contributed by atoms with E-state index in [2.05, 4.69) is 23.2 Å². The lowest BCUT2D eigenvalue weighted by Gasteiger charge is -2.13. The van der Waals surface area contributed by atoms with E-state index in [1.165, 1.54) is 0 Å². The van der Waals surface area contributed by atoms with E-state index in [1.54, 1.807) is 0 Å². The van der Waals surface area contributed by atoms with Crippen LogP contribution < -0.4 is 9.47 Å². The summed E-state index contributed by atoms with van der Waals surface area (Å²) >= 11 is 0. The third-order valence-corrected chi connectivity index (χ3v) is 7.15. The molecule has 0 aliphatic carbocycles. The number of benzene rings is 5. The van der Waals surface area contributed by atoms with Crippen molar-refractivity contribution in [2.45, 2.75) is 19.4 Å². The molecule has 2 N–H and O–H groups in total. The zero-order valence-corrected chi connectivity index (χ0v) is 22.0. The summed E-state index contributed by atoms with van der Waals surface area (Å²) in [4.78, 5) is 15.5. The second-order valence-corrected chi connectivity index (χ2v) is 9.71. The number of nitrogens with one attached hydrogen (secondary N) is 1. The van der Waals surface area contributed by atoms with Crippen LogP contribution in [0.25, 0.3) is 32.8 Å². The average Bonchev–Trinajstić information content (AvgIpc) is 3.38. The van der Waals surface area contributed by atoms with Crippen molar-refractivity contribution in [3.8, 4) is 22.6 Å². The Morgan fingerprint density at radius 3 is 2.23 bits per heavy atom. The number of rotatable bonds is 10. The number of hydrogen-bond donors (Lipinski definition) is 2. The van der Waals surface area contributed by atoms with Crippen LogP contribution in [0.3, 0.4) is 0 Å². The van der Waals surface area contributed by atoms with Gasteiger partial charge in [0.1, 0.15) is 23.8 Å². The number of aromatic carboxylic acids is 1. The van der Waals surface area contributed by atoms with Crippen LogP contribution in [0.15, 0.2) is 115 Å². The summed E-state index contributed by atoms with van der Waals surface area (Å²) in [5, 5.41) is 13.2. The van der Waals surface area contributed by atoms with Crippen LogP contribution in [0.1, 0.15) is 28.0 Å². The van der Waals surface area contributed by atoms with Crippen molar-refractivity contribution >= 4 is 27.6 Å². The minimum atomic E-state index is -0.972. The first-order valence-corrected chi connectivity index (χ1v) is 13.4. The molecule has 5 heteroatoms. The third kappa shape index (κ3) is 5.14. The molecule has 5 aromatic carbocycles. The van der Waals surface area contributed by atoms with Gasteiger partial charge in [0.15, 0.2) is 0 Å². The predicted octanol–water partition coefficient (Wildman–Crippen LogP) is 8.28. The van der Waals surface area contributed by atoms with Crippen LogP contribution in [0.4, 0.5) is 0 Å². The summed E-state index contributed by atoms with van der Waals surface area (Å²) in [5.41, 5.74) is 4.69. The van der Waals surface area contributed by atoms with E-state index in [1.807, 2.05) is 97.1 Å². The highest BCUT2D eigenvalue weighted by molar-refractivity contribution is 6.03. The van der Waals surface area contributed by atoms with Crippen LogP contribution in [-0.4, -0.2) is 22.7 Å². The molecule has 0 atom stereocenters. The summed E-state index contributed by atoms with van der Waals surface area (Å²) in [7, 11) is 0. The van der Waals surface area contributed by atoms with Crippen LogP contribution >= 0.6 is 0 Å². The second-order valence-electron chi connectivity index (χ2n) is 9.71. The molecule has 198 valence electrons. The van der Waals surface area contributed by atoms with Gasteiger partial charge in [0.2, 0.25) is 0 Å². The van der Waals surface area contributed by atoms with Gasteiger partial charge in [-0.25, -0.2) is 4.79 Å². The maximum atomic E-state index is 12.3. The Morgan fingerprint density at radius 1 is 0.675 bits per heavy atom. The molecule has 0 fully saturated rings. The predicted molar refractivity (Wildman–Crippen MR) is 159 cm³/mol. The number of carboxylic acids is 1. The summed E-state index contributed by atoms with van der Waals surface area (Å²) in [6, 6.07) is 38.0. The van der Waals surface area contributed by atoms with Crippen molar-refractivity contribution < 1.29 is 19.4 Å². The molecular weight excluding hydrogens is 498 g/mol. The molecule has 0 aliphatic rings. The van der Waals surface area contributed by atoms with E-state index >= 15 is 0 Å². The normalized spacial score (nSPS) is 11.1. The smallest absolute Gasteiger partial charge is 0.352 e. The number of carbonyl (C=O) groups is 1. The van der Waals surface area contributed by atoms with Crippen molar-refractivity contribution in [1.82, 2.24) is 4.98 Å². The van der Waals surface area contributed by atoms with Gasteiger partial charge in [0, 0.05) is 21.9 Å². The highest BCUT2D eigenvalue weighted by Gasteiger charge is 2.20. The van der Waals surface area contributed by atoms with Gasteiger partial charge in [0.25, 0.3) is 0 Å². The van der Waals surface area contributed by atoms with Gasteiger partial charge in [-0.1, -0.05) is 103 Å². The summed E-state index contributed by atoms with van der Waals surface area (Å²) in [5.74, 6) is 0.612. The lowest BCUT2D eigenvalue weighted by molar-refractivity contribution is 0.0690. The topological polar surface area (TPSA) is 71.5 Å². The Labute approximate surface area is 232 Å². The maximum Gasteiger partial charge on any atom is 0.352 e. The number of carboxylic acid groups (broad SMARTS) is 1. The largest absolute Gasteiger partial charge is 0.493 e. The zero-order valence-electron chi connectivity index (χ0n) is 22.0. The molecule has 6 aromatic rings. The molecule has 6 rings (SSSR count). The van der Waals surface area contributed by atoms with Crippen molar-refractivity contribution in [3.63, 3.8) is 0 Å². The first-order chi connectivity index (χ1) is 19.7. The van der Waals surface area contributed by atoms with Crippen LogP contribution in [0.2, 0.25) is 0 Å². The fraction of sp³-hybridized carbons (Fsp3) is 0.114. The quantitative estimate of drug-likeness (QED) is 0.176. The number of para-hydroxylation sites is 2. The van der Waals surface area contributed by atoms with Gasteiger partial charge >= 0.3 is 5.97 Å². The van der Waals surface area contributed by atoms with Gasteiger partial charge < -0.3 is 19.6 Å². The minimum Gasteiger partial charge on any atom is -0.493 e. The summed E-state index contributed by atoms with van der Waals surface area (Å²) in [6.07, 6.45) is 1.25. The fourth-order valence-corrected chi connectivity index (χ4v) is 5.24. The molecule has 0 saturated heterocycles. The number of ether oxygens (including phenoxy) is 2. The minimum absolute atomic E-state index is 0.218. The van der Waals surface area contributed by atoms with E-state index in [0.29, 0.717) is 26.1 Å². The molecule has 1 heterocycles. The lowest BCUT2D eigenvalue weighted by Crippen LogP contribution is -2.04. The number of fused-ring (bicyclic) bond motifs is 2. The maximum absolute atomic E-state index is 12.3. The van der Waals surface area contributed by atoms with Gasteiger partial charge in [-0.2, -0.15) is 0 Å². The Kier molecular flexibility index (Phi) is 7.18. The Morgan fingerprint density at radius 2 is 1.35 bits per heavy atom. The van der Waals surface area contributed by atoms with Gasteiger partial charge in [0.05, 0.1) is 12.1 Å². The van der Waals surface area contributed by atoms with E-state index in [-0.39, 0.29) is 5.69 Å². The third-order valence-electron chi connectivity index (χ3n) is 7.15. The van der Waals surface area contributed by atoms with Crippen molar-refractivity contribution in [1.29, 1.82) is 0 Å². The van der Waals surface area contributed by atoms with E-state index in [0.717, 1.165) is 55.4 Å². The lowest BCUT2D eigenvalue weighted by atomic mass is 9.99. The standard InChI is InChI=1S/C35H29NO4/c37-35(38)34-30(19-10-22-39-31-21-8-14-25-13-4-5-15-26(25)31)29-18-9-17-28(33(29)36-34)27-16-6-7-20-32(27)40-23-24-11-2-1-3-12-24/h1-9,11-18,20-21,36H,10,19,22-23H2,(H,37,38). The van der Waals surface area contributed by atoms with E-state index in [4.69, 9.17) is 9.47 Å². The Bertz CT molecular complexity index is 1780. The molecule has 5 nitrogen and oxygen atoms in total. The molecule has 0 unspecified atom stereocenters. The number of hydrogen-bond acceptors (Lipinski definition) is 3. The Hall–Kier alpha value is -5.03. The van der Waals surface area contributed by atoms with Gasteiger partial charge in [-0.05, 0) is 41.5 Å². The summed E-state index contributed by atoms with van der Waals surface area (Å²) < 4.78 is 12.3. The second kappa shape index (κ2) is 11.4. The highest BCUT2D eigenvalue weighted by Crippen LogP contribution is 2.37. The van der Waals surface area contributed by atoms with E-state index in [9.17, 15) is 9.90 Å². The molecule has 40 heavy (non-hydrogen) atoms. The monoisotopic (exact) mass is 527 g/mol. The Balaban J connectivity index is 1.26. The SMILES string of the molecule is O=C(O)c1[nH]c2c(-c3ccccc3OCc3ccccc3)cccc2c1CCCOc1cccc2ccccc12. The molecule has 0 amide bonds. The van der Waals surface area contributed by atoms with Crippen molar-refractivity contribution in [3.05, 3.63) is 132 Å². The number of H-pyrrole nitrogens is 1. The van der Waals surface area contributed by atoms with Crippen LogP contribution in [0.5, 0.6) is 11.5 Å². The molecule has 0 bridgehead atoms. The number of aryl methyl sites for hydroxylation is 1. The molecule has 0 aliphatic heterocycles. The average molecular weight is 528 g/mol. The fourth-order valence-electron chi connectivity index (χ4n) is 5.24.